The number of esters is 1. The first-order chi connectivity index (χ1) is 34.4. The summed E-state index contributed by atoms with van der Waals surface area (Å²) in [5, 5.41) is 19.4. The molecule has 0 bridgehead atoms. The number of hydrogen-bond acceptors (Lipinski definition) is 11. The van der Waals surface area contributed by atoms with Crippen molar-refractivity contribution in [2.45, 2.75) is 181 Å². The Morgan fingerprint density at radius 2 is 1.21 bits per heavy atom. The first-order valence-corrected chi connectivity index (χ1v) is 26.9. The molecule has 2 unspecified atom stereocenters. The second-order valence-electron chi connectivity index (χ2n) is 22.6. The van der Waals surface area contributed by atoms with Gasteiger partial charge in [0, 0.05) is 25.2 Å². The van der Waals surface area contributed by atoms with Gasteiger partial charge in [0.25, 0.3) is 0 Å². The number of ether oxygens (including phenoxy) is 5. The number of allylic oxidation sites excluding steroid dienone is 4. The zero-order chi connectivity index (χ0) is 53.0. The highest BCUT2D eigenvalue weighted by atomic mass is 79.9. The van der Waals surface area contributed by atoms with Crippen LogP contribution in [0.2, 0.25) is 0 Å². The largest absolute Gasteiger partial charge is 0.493 e. The predicted octanol–water partition coefficient (Wildman–Crippen LogP) is 12.6. The molecule has 2 aromatic heterocycles. The molecule has 396 valence electrons. The number of carboxylic acids is 1. The van der Waals surface area contributed by atoms with Gasteiger partial charge in [0.2, 0.25) is 0 Å². The molecule has 3 aliphatic heterocycles. The second-order valence-corrected chi connectivity index (χ2v) is 23.4. The Labute approximate surface area is 441 Å². The monoisotopic (exact) mass is 1070 g/mol. The quantitative estimate of drug-likeness (QED) is 0.119. The average Bonchev–Trinajstić information content (AvgIpc) is 3.93. The Morgan fingerprint density at radius 1 is 0.699 bits per heavy atom. The third-order valence-corrected chi connectivity index (χ3v) is 14.6. The molecule has 2 atom stereocenters. The summed E-state index contributed by atoms with van der Waals surface area (Å²) in [6, 6.07) is 12.2. The molecule has 0 saturated carbocycles. The van der Waals surface area contributed by atoms with Gasteiger partial charge < -0.3 is 38.1 Å². The molecule has 0 amide bonds. The lowest BCUT2D eigenvalue weighted by Crippen LogP contribution is -2.41. The molecule has 4 aromatic rings. The molecule has 2 aliphatic carbocycles. The third kappa shape index (κ3) is 13.4. The van der Waals surface area contributed by atoms with Gasteiger partial charge in [-0.15, -0.1) is 0 Å². The number of fused-ring (bicyclic) bond motifs is 2. The maximum Gasteiger partial charge on any atom is 0.490 e. The van der Waals surface area contributed by atoms with Crippen molar-refractivity contribution in [2.75, 3.05) is 20.3 Å². The molecule has 73 heavy (non-hydrogen) atoms. The van der Waals surface area contributed by atoms with E-state index in [1.807, 2.05) is 72.9 Å². The number of aromatic nitrogens is 4. The zero-order valence-corrected chi connectivity index (χ0v) is 47.1. The summed E-state index contributed by atoms with van der Waals surface area (Å²) in [7, 11) is 4.88. The van der Waals surface area contributed by atoms with Gasteiger partial charge in [-0.05, 0) is 220 Å². The molecule has 9 rings (SSSR count). The number of carbonyl (C=O) groups is 2. The number of carbonyl (C=O) groups excluding carboxylic acids is 1. The fraction of sp³-hybridized carbons (Fsp3) is 0.579. The Hall–Kier alpha value is -4.74. The SMILES string of the molecule is CC1(C)OB(C2=CCCCC2)OC1(C)C.COC(=O)C(OC(C)(C)C)c1c(-c2ccc3c(c2)CCCO3)c(Br)nn1C.Cn1nc(C2=CCCCC2)c(-c2ccc3c(c2)CCCO3)c1C(OC(C)(C)C)C(=O)O. The zero-order valence-electron chi connectivity index (χ0n) is 45.5. The molecule has 1 fully saturated rings. The van der Waals surface area contributed by atoms with Crippen molar-refractivity contribution < 1.29 is 47.7 Å². The fourth-order valence-corrected chi connectivity index (χ4v) is 10.5. The Kier molecular flexibility index (Phi) is 17.7. The number of carboxylic acid groups (broad SMARTS) is 1. The minimum absolute atomic E-state index is 0.102. The first kappa shape index (κ1) is 56.0. The average molecular weight is 1070 g/mol. The number of benzene rings is 2. The smallest absolute Gasteiger partial charge is 0.490 e. The van der Waals surface area contributed by atoms with Crippen molar-refractivity contribution >= 4 is 40.6 Å². The van der Waals surface area contributed by atoms with Crippen LogP contribution in [-0.2, 0) is 60.0 Å². The van der Waals surface area contributed by atoms with Crippen LogP contribution in [0.25, 0.3) is 27.8 Å². The minimum Gasteiger partial charge on any atom is -0.493 e. The van der Waals surface area contributed by atoms with Gasteiger partial charge >= 0.3 is 19.1 Å². The lowest BCUT2D eigenvalue weighted by Gasteiger charge is -2.32. The van der Waals surface area contributed by atoms with Crippen LogP contribution in [0.1, 0.15) is 174 Å². The van der Waals surface area contributed by atoms with Gasteiger partial charge in [0.15, 0.2) is 12.2 Å². The van der Waals surface area contributed by atoms with Crippen LogP contribution in [0.5, 0.6) is 11.5 Å². The summed E-state index contributed by atoms with van der Waals surface area (Å²) >= 11 is 3.55. The van der Waals surface area contributed by atoms with Crippen LogP contribution in [0, 0.1) is 0 Å². The molecule has 5 heterocycles. The van der Waals surface area contributed by atoms with Crippen molar-refractivity contribution in [3.05, 3.63) is 86.8 Å². The van der Waals surface area contributed by atoms with E-state index >= 15 is 0 Å². The van der Waals surface area contributed by atoms with Crippen LogP contribution >= 0.6 is 15.9 Å². The van der Waals surface area contributed by atoms with E-state index in [9.17, 15) is 14.7 Å². The molecular formula is C57H78BBrN4O10. The fourth-order valence-electron chi connectivity index (χ4n) is 9.83. The van der Waals surface area contributed by atoms with E-state index in [1.165, 1.54) is 43.8 Å². The summed E-state index contributed by atoms with van der Waals surface area (Å²) in [5.41, 5.74) is 9.04. The Morgan fingerprint density at radius 3 is 1.70 bits per heavy atom. The van der Waals surface area contributed by atoms with Crippen LogP contribution in [0.15, 0.2) is 58.6 Å². The Balaban J connectivity index is 0.000000169. The summed E-state index contributed by atoms with van der Waals surface area (Å²) in [6.45, 7) is 21.3. The molecule has 0 spiro atoms. The van der Waals surface area contributed by atoms with Gasteiger partial charge in [-0.2, -0.15) is 10.2 Å². The molecule has 0 radical (unpaired) electrons. The van der Waals surface area contributed by atoms with Crippen LogP contribution in [0.3, 0.4) is 0 Å². The third-order valence-electron chi connectivity index (χ3n) is 14.1. The standard InChI is InChI=1S/C25H32N2O4.C20H25BrN2O4.C12H21BO2/c1-25(2,3)31-23(24(28)29)22-20(18-12-13-19-17(15-18)11-8-14-30-19)21(26-27(22)4)16-9-6-5-7-10-16;1-20(2,3)27-17(19(24)25-5)16-15(18(21)22-23(16)4)13-8-9-14-12(11-13)7-6-10-26-14;1-11(2)12(3,4)15-13(14-11)10-8-6-5-7-9-10/h9,12-13,15,23H,5-8,10-11,14H2,1-4H3,(H,28,29);8-9,11,17H,6-7,10H2,1-5H3;8H,5-7,9H2,1-4H3. The molecule has 14 nitrogen and oxygen atoms in total. The number of methoxy groups -OCH3 is 1. The number of nitrogens with zero attached hydrogens (tertiary/aromatic N) is 4. The van der Waals surface area contributed by atoms with E-state index in [0.29, 0.717) is 16.0 Å². The summed E-state index contributed by atoms with van der Waals surface area (Å²) in [4.78, 5) is 24.9. The minimum atomic E-state index is -1.11. The number of halogens is 1. The van der Waals surface area contributed by atoms with Crippen molar-refractivity contribution in [2.24, 2.45) is 14.1 Å². The highest BCUT2D eigenvalue weighted by Gasteiger charge is 2.52. The highest BCUT2D eigenvalue weighted by molar-refractivity contribution is 9.10. The topological polar surface area (TPSA) is 155 Å². The van der Waals surface area contributed by atoms with Crippen LogP contribution in [0.4, 0.5) is 0 Å². The lowest BCUT2D eigenvalue weighted by atomic mass is 9.73. The van der Waals surface area contributed by atoms with Gasteiger partial charge in [-0.25, -0.2) is 9.59 Å². The van der Waals surface area contributed by atoms with Crippen molar-refractivity contribution in [1.29, 1.82) is 0 Å². The van der Waals surface area contributed by atoms with Gasteiger partial charge in [0.05, 0.1) is 59.8 Å². The maximum absolute atomic E-state index is 12.5. The summed E-state index contributed by atoms with van der Waals surface area (Å²) in [5.74, 6) is 0.370. The molecular weight excluding hydrogens is 991 g/mol. The van der Waals surface area contributed by atoms with E-state index in [-0.39, 0.29) is 18.3 Å². The number of rotatable bonds is 10. The van der Waals surface area contributed by atoms with Gasteiger partial charge in [-0.1, -0.05) is 24.3 Å². The van der Waals surface area contributed by atoms with E-state index in [4.69, 9.17) is 38.1 Å². The van der Waals surface area contributed by atoms with E-state index in [0.717, 1.165) is 115 Å². The molecule has 1 N–H and O–H groups in total. The van der Waals surface area contributed by atoms with Crippen LogP contribution < -0.4 is 9.47 Å². The normalized spacial score (nSPS) is 19.0. The number of hydrogen-bond donors (Lipinski definition) is 1. The van der Waals surface area contributed by atoms with Crippen molar-refractivity contribution in [3.8, 4) is 33.8 Å². The maximum atomic E-state index is 12.5. The van der Waals surface area contributed by atoms with E-state index in [1.54, 1.807) is 16.4 Å². The molecule has 5 aliphatic rings. The van der Waals surface area contributed by atoms with E-state index in [2.05, 4.69) is 73.0 Å². The Bertz CT molecular complexity index is 2670. The van der Waals surface area contributed by atoms with Gasteiger partial charge in [-0.3, -0.25) is 9.36 Å². The lowest BCUT2D eigenvalue weighted by molar-refractivity contribution is -0.165. The van der Waals surface area contributed by atoms with Crippen molar-refractivity contribution in [3.63, 3.8) is 0 Å². The highest BCUT2D eigenvalue weighted by Crippen LogP contribution is 2.44. The summed E-state index contributed by atoms with van der Waals surface area (Å²) in [6.07, 6.45) is 15.6. The van der Waals surface area contributed by atoms with Crippen molar-refractivity contribution in [1.82, 2.24) is 19.6 Å². The van der Waals surface area contributed by atoms with Crippen LogP contribution in [-0.4, -0.2) is 86.5 Å². The summed E-state index contributed by atoms with van der Waals surface area (Å²) < 4.78 is 44.7. The number of aryl methyl sites for hydroxylation is 4. The van der Waals surface area contributed by atoms with Gasteiger partial charge in [0.1, 0.15) is 16.1 Å². The second kappa shape index (κ2) is 23.0. The molecule has 16 heteroatoms. The first-order valence-electron chi connectivity index (χ1n) is 26.1. The molecule has 2 aromatic carbocycles. The van der Waals surface area contributed by atoms with E-state index < -0.39 is 35.3 Å². The predicted molar refractivity (Wildman–Crippen MR) is 289 cm³/mol. The number of aliphatic carboxylic acids is 1. The molecule has 1 saturated heterocycles.